The second-order valence-electron chi connectivity index (χ2n) is 7.81. The Morgan fingerprint density at radius 2 is 2.03 bits per heavy atom. The van der Waals surface area contributed by atoms with Gasteiger partial charge in [0.1, 0.15) is 23.7 Å². The molecule has 1 fully saturated rings. The summed E-state index contributed by atoms with van der Waals surface area (Å²) in [7, 11) is 1.50. The predicted molar refractivity (Wildman–Crippen MR) is 132 cm³/mol. The third-order valence-electron chi connectivity index (χ3n) is 5.19. The monoisotopic (exact) mass is 499 g/mol. The van der Waals surface area contributed by atoms with E-state index in [0.29, 0.717) is 42.0 Å². The van der Waals surface area contributed by atoms with Gasteiger partial charge in [0.05, 0.1) is 30.7 Å². The van der Waals surface area contributed by atoms with E-state index in [-0.39, 0.29) is 18.8 Å². The minimum atomic E-state index is -0.517. The summed E-state index contributed by atoms with van der Waals surface area (Å²) in [5, 5.41) is 19.2. The number of hydrogen-bond acceptors (Lipinski definition) is 9. The molecular formula is C24H30FN7O4. The molecule has 192 valence electrons. The van der Waals surface area contributed by atoms with Gasteiger partial charge in [-0.2, -0.15) is 0 Å². The van der Waals surface area contributed by atoms with E-state index in [0.717, 1.165) is 5.71 Å². The van der Waals surface area contributed by atoms with Gasteiger partial charge in [-0.1, -0.05) is 16.4 Å². The van der Waals surface area contributed by atoms with Crippen LogP contribution in [0.4, 0.5) is 14.9 Å². The number of carbonyl (C=O) groups excluding carboxylic acids is 1. The summed E-state index contributed by atoms with van der Waals surface area (Å²) in [6, 6.07) is 8.26. The summed E-state index contributed by atoms with van der Waals surface area (Å²) in [4.78, 5) is 23.3. The van der Waals surface area contributed by atoms with Gasteiger partial charge >= 0.3 is 6.09 Å². The Morgan fingerprint density at radius 3 is 2.61 bits per heavy atom. The fourth-order valence-electron chi connectivity index (χ4n) is 3.65. The van der Waals surface area contributed by atoms with Crippen LogP contribution in [0, 0.1) is 5.82 Å². The third-order valence-corrected chi connectivity index (χ3v) is 5.19. The number of anilines is 1. The molecule has 1 saturated heterocycles. The molecule has 3 aromatic rings. The van der Waals surface area contributed by atoms with E-state index in [1.807, 2.05) is 6.92 Å². The number of benzene rings is 1. The van der Waals surface area contributed by atoms with Crippen molar-refractivity contribution in [3.05, 3.63) is 60.4 Å². The highest BCUT2D eigenvalue weighted by molar-refractivity contribution is 5.99. The molecule has 0 bridgehead atoms. The summed E-state index contributed by atoms with van der Waals surface area (Å²) in [6.07, 6.45) is 4.68. The minimum absolute atomic E-state index is 0.0366. The second kappa shape index (κ2) is 12.7. The van der Waals surface area contributed by atoms with Gasteiger partial charge in [0.2, 0.25) is 0 Å². The molecule has 5 rings (SSSR count). The van der Waals surface area contributed by atoms with Crippen LogP contribution in [0.5, 0.6) is 0 Å². The largest absolute Gasteiger partial charge is 0.442 e. The van der Waals surface area contributed by atoms with Crippen LogP contribution in [-0.4, -0.2) is 69.3 Å². The molecule has 3 N–H and O–H groups in total. The van der Waals surface area contributed by atoms with Crippen LogP contribution in [-0.2, 0) is 16.1 Å². The van der Waals surface area contributed by atoms with E-state index in [2.05, 4.69) is 26.2 Å². The maximum Gasteiger partial charge on any atom is 0.414 e. The molecule has 2 aliphatic heterocycles. The molecule has 11 nitrogen and oxygen atoms in total. The van der Waals surface area contributed by atoms with Crippen LogP contribution in [0.2, 0.25) is 0 Å². The zero-order valence-electron chi connectivity index (χ0n) is 20.4. The van der Waals surface area contributed by atoms with E-state index in [1.165, 1.54) is 18.0 Å². The summed E-state index contributed by atoms with van der Waals surface area (Å²) in [5.41, 5.74) is 7.45. The van der Waals surface area contributed by atoms with Crippen LogP contribution in [0.25, 0.3) is 11.1 Å². The molecule has 2 aliphatic rings. The lowest BCUT2D eigenvalue weighted by molar-refractivity contribution is 0.0995. The Morgan fingerprint density at radius 1 is 1.25 bits per heavy atom. The van der Waals surface area contributed by atoms with Crippen molar-refractivity contribution in [1.29, 1.82) is 0 Å². The molecular weight excluding hydrogens is 469 g/mol. The lowest BCUT2D eigenvalue weighted by Gasteiger charge is -2.14. The van der Waals surface area contributed by atoms with Crippen LogP contribution in [0.3, 0.4) is 0 Å². The number of pyridine rings is 1. The zero-order valence-corrected chi connectivity index (χ0v) is 20.4. The van der Waals surface area contributed by atoms with Gasteiger partial charge in [-0.3, -0.25) is 9.88 Å². The Bertz CT molecular complexity index is 1160. The number of halogens is 1. The van der Waals surface area contributed by atoms with Crippen LogP contribution < -0.4 is 10.6 Å². The first-order valence-corrected chi connectivity index (χ1v) is 11.5. The van der Waals surface area contributed by atoms with Gasteiger partial charge in [-0.25, -0.2) is 13.9 Å². The first-order chi connectivity index (χ1) is 17.5. The predicted octanol–water partition coefficient (Wildman–Crippen LogP) is 2.59. The summed E-state index contributed by atoms with van der Waals surface area (Å²) < 4.78 is 21.9. The lowest BCUT2D eigenvalue weighted by Crippen LogP contribution is -2.26. The van der Waals surface area contributed by atoms with Crippen molar-refractivity contribution in [2.24, 2.45) is 10.9 Å². The average Bonchev–Trinajstić information content (AvgIpc) is 3.63. The molecule has 1 aromatic carbocycles. The molecule has 4 heterocycles. The van der Waals surface area contributed by atoms with E-state index < -0.39 is 11.9 Å². The van der Waals surface area contributed by atoms with E-state index in [9.17, 15) is 9.18 Å². The number of rotatable bonds is 5. The molecule has 2 aromatic heterocycles. The maximum absolute atomic E-state index is 14.9. The number of hydrogen-bond donors (Lipinski definition) is 2. The first-order valence-electron chi connectivity index (χ1n) is 11.5. The summed E-state index contributed by atoms with van der Waals surface area (Å²) in [6.45, 7) is 4.56. The Labute approximate surface area is 208 Å². The van der Waals surface area contributed by atoms with Gasteiger partial charge in [0.25, 0.3) is 0 Å². The number of amides is 1. The summed E-state index contributed by atoms with van der Waals surface area (Å²) >= 11 is 0. The van der Waals surface area contributed by atoms with Crippen molar-refractivity contribution < 1.29 is 23.9 Å². The van der Waals surface area contributed by atoms with Crippen LogP contribution >= 0.6 is 0 Å². The second-order valence-corrected chi connectivity index (χ2v) is 7.81. The van der Waals surface area contributed by atoms with Crippen LogP contribution in [0.1, 0.15) is 26.0 Å². The number of aromatic nitrogens is 4. The Kier molecular flexibility index (Phi) is 9.42. The molecule has 1 amide bonds. The fourth-order valence-corrected chi connectivity index (χ4v) is 3.65. The minimum Gasteiger partial charge on any atom is -0.442 e. The summed E-state index contributed by atoms with van der Waals surface area (Å²) in [5.74, 6) is -0.449. The number of oxime groups is 1. The number of cyclic esters (lactones) is 1. The SMILES string of the molecule is CC1CC(c2ccc(-c3ccc(N4CC(Cn5ccnn5)OC4=O)cc3F)cn2)=NO1.CCO.CN. The first kappa shape index (κ1) is 26.7. The molecule has 0 radical (unpaired) electrons. The number of nitrogens with zero attached hydrogens (tertiary/aromatic N) is 6. The van der Waals surface area contributed by atoms with Gasteiger partial charge in [-0.15, -0.1) is 5.10 Å². The molecule has 0 aliphatic carbocycles. The quantitative estimate of drug-likeness (QED) is 0.546. The molecule has 12 heteroatoms. The van der Waals surface area contributed by atoms with Gasteiger partial charge in [-0.05, 0) is 45.2 Å². The highest BCUT2D eigenvalue weighted by atomic mass is 19.1. The molecule has 2 atom stereocenters. The fraction of sp³-hybridized carbons (Fsp3) is 0.375. The molecule has 0 saturated carbocycles. The topological polar surface area (TPSA) is 141 Å². The molecule has 36 heavy (non-hydrogen) atoms. The Hall–Kier alpha value is -3.90. The third kappa shape index (κ3) is 6.40. The van der Waals surface area contributed by atoms with E-state index >= 15 is 0 Å². The van der Waals surface area contributed by atoms with Gasteiger partial charge < -0.3 is 20.4 Å². The van der Waals surface area contributed by atoms with Gasteiger partial charge in [0.15, 0.2) is 0 Å². The number of ether oxygens (including phenoxy) is 1. The average molecular weight is 500 g/mol. The smallest absolute Gasteiger partial charge is 0.414 e. The normalized spacial score (nSPS) is 18.3. The van der Waals surface area contributed by atoms with Crippen molar-refractivity contribution in [1.82, 2.24) is 20.0 Å². The molecule has 0 spiro atoms. The van der Waals surface area contributed by atoms with Crippen LogP contribution in [0.15, 0.2) is 54.1 Å². The number of aliphatic hydroxyl groups excluding tert-OH is 1. The number of carbonyl (C=O) groups is 1. The Balaban J connectivity index is 0.000000674. The van der Waals surface area contributed by atoms with Crippen molar-refractivity contribution in [3.8, 4) is 11.1 Å². The number of aliphatic hydroxyl groups is 1. The van der Waals surface area contributed by atoms with Crippen molar-refractivity contribution in [3.63, 3.8) is 0 Å². The van der Waals surface area contributed by atoms with Crippen molar-refractivity contribution >= 4 is 17.5 Å². The van der Waals surface area contributed by atoms with Crippen molar-refractivity contribution in [2.45, 2.75) is 39.0 Å². The van der Waals surface area contributed by atoms with Crippen molar-refractivity contribution in [2.75, 3.05) is 25.1 Å². The standard InChI is InChI=1S/C21H19FN6O3.C2H6O.CH5N/c1-13-8-20(25-31-13)19-5-2-14(10-23-19)17-4-3-15(9-18(17)22)28-12-16(30-21(28)29)11-27-7-6-24-26-27;1-2-3;1-2/h2-7,9-10,13,16H,8,11-12H2,1H3;3H,2H2,1H3;2H2,1H3. The van der Waals surface area contributed by atoms with Gasteiger partial charge in [0, 0.05) is 36.5 Å². The molecule has 2 unspecified atom stereocenters. The van der Waals surface area contributed by atoms with E-state index in [4.69, 9.17) is 14.7 Å². The lowest BCUT2D eigenvalue weighted by atomic mass is 10.0. The maximum atomic E-state index is 14.9. The zero-order chi connectivity index (χ0) is 26.1. The highest BCUT2D eigenvalue weighted by Gasteiger charge is 2.33. The number of nitrogens with two attached hydrogens (primary N) is 1. The highest BCUT2D eigenvalue weighted by Crippen LogP contribution is 2.29. The van der Waals surface area contributed by atoms with E-state index in [1.54, 1.807) is 54.5 Å².